The van der Waals surface area contributed by atoms with Gasteiger partial charge in [-0.2, -0.15) is 0 Å². The molecule has 1 saturated carbocycles. The first-order chi connectivity index (χ1) is 8.10. The number of hydrogen-bond donors (Lipinski definition) is 0. The summed E-state index contributed by atoms with van der Waals surface area (Å²) in [5, 5.41) is 3.75. The summed E-state index contributed by atoms with van der Waals surface area (Å²) < 4.78 is 26.1. The Morgan fingerprint density at radius 3 is 2.41 bits per heavy atom. The van der Waals surface area contributed by atoms with Gasteiger partial charge in [0.1, 0.15) is 0 Å². The van der Waals surface area contributed by atoms with Gasteiger partial charge in [0.05, 0.1) is 14.2 Å². The first-order valence-corrected chi connectivity index (χ1v) is 6.26. The van der Waals surface area contributed by atoms with Crippen molar-refractivity contribution in [1.29, 1.82) is 0 Å². The average Bonchev–Trinajstić information content (AvgIpc) is 3.03. The van der Waals surface area contributed by atoms with Crippen molar-refractivity contribution in [1.82, 2.24) is 9.55 Å². The van der Waals surface area contributed by atoms with Gasteiger partial charge in [-0.3, -0.25) is 0 Å². The predicted molar refractivity (Wildman–Crippen MR) is 51.9 cm³/mol. The molecule has 9 nitrogen and oxygen atoms in total. The monoisotopic (exact) mass is 266 g/mol. The van der Waals surface area contributed by atoms with E-state index in [-0.39, 0.29) is 11.8 Å². The van der Waals surface area contributed by atoms with E-state index >= 15 is 0 Å². The Bertz CT molecular complexity index is 481. The fourth-order valence-corrected chi connectivity index (χ4v) is 2.17. The molecular formula is C7H11N2O7P. The van der Waals surface area contributed by atoms with Gasteiger partial charge in [-0.25, -0.2) is 19.1 Å². The summed E-state index contributed by atoms with van der Waals surface area (Å²) in [6, 6.07) is 0. The van der Waals surface area contributed by atoms with Crippen molar-refractivity contribution in [3.05, 3.63) is 16.4 Å². The van der Waals surface area contributed by atoms with E-state index in [4.69, 9.17) is 4.42 Å². The van der Waals surface area contributed by atoms with Gasteiger partial charge in [0.2, 0.25) is 5.89 Å². The molecule has 1 aliphatic rings. The molecule has 1 aromatic heterocycles. The molecule has 0 aromatic carbocycles. The zero-order valence-electron chi connectivity index (χ0n) is 9.19. The highest BCUT2D eigenvalue weighted by Crippen LogP contribution is 2.48. The molecular weight excluding hydrogens is 255 g/mol. The number of hydrogen-bond acceptors (Lipinski definition) is 8. The molecule has 0 atom stereocenters. The van der Waals surface area contributed by atoms with Gasteiger partial charge in [0, 0.05) is 5.92 Å². The lowest BCUT2D eigenvalue weighted by Gasteiger charge is -2.10. The fourth-order valence-electron chi connectivity index (χ4n) is 1.20. The van der Waals surface area contributed by atoms with Gasteiger partial charge in [0.15, 0.2) is 0 Å². The smallest absolute Gasteiger partial charge is 0.392 e. The van der Waals surface area contributed by atoms with Gasteiger partial charge in [-0.1, -0.05) is 4.45 Å². The Morgan fingerprint density at radius 2 is 1.94 bits per heavy atom. The topological polar surface area (TPSA) is 102 Å². The van der Waals surface area contributed by atoms with Crippen LogP contribution < -0.4 is 5.76 Å². The van der Waals surface area contributed by atoms with Gasteiger partial charge in [-0.15, -0.1) is 14.4 Å². The van der Waals surface area contributed by atoms with E-state index in [1.165, 1.54) is 0 Å². The highest BCUT2D eigenvalue weighted by Gasteiger charge is 2.38. The SMILES string of the molecule is COOP(=O)(OOC)n1nc(C2CC2)oc1=O. The summed E-state index contributed by atoms with van der Waals surface area (Å²) in [4.78, 5) is 19.9. The predicted octanol–water partition coefficient (Wildman–Crippen LogP) is 0.826. The third-order valence-corrected chi connectivity index (χ3v) is 3.44. The van der Waals surface area contributed by atoms with Crippen molar-refractivity contribution in [2.45, 2.75) is 18.8 Å². The summed E-state index contributed by atoms with van der Waals surface area (Å²) in [6.07, 6.45) is 1.75. The van der Waals surface area contributed by atoms with Crippen LogP contribution in [0.1, 0.15) is 24.7 Å². The highest BCUT2D eigenvalue weighted by molar-refractivity contribution is 7.51. The zero-order valence-corrected chi connectivity index (χ0v) is 10.1. The fraction of sp³-hybridized carbons (Fsp3) is 0.714. The molecule has 17 heavy (non-hydrogen) atoms. The lowest BCUT2D eigenvalue weighted by molar-refractivity contribution is -0.245. The molecule has 1 aliphatic carbocycles. The van der Waals surface area contributed by atoms with Crippen LogP contribution in [0.15, 0.2) is 9.21 Å². The minimum atomic E-state index is -4.15. The Balaban J connectivity index is 2.34. The highest BCUT2D eigenvalue weighted by atomic mass is 31.2. The van der Waals surface area contributed by atoms with Crippen molar-refractivity contribution in [3.63, 3.8) is 0 Å². The molecule has 0 aliphatic heterocycles. The molecule has 1 fully saturated rings. The summed E-state index contributed by atoms with van der Waals surface area (Å²) in [6.45, 7) is 0. The third-order valence-electron chi connectivity index (χ3n) is 2.04. The van der Waals surface area contributed by atoms with Crippen LogP contribution in [-0.4, -0.2) is 23.8 Å². The third kappa shape index (κ3) is 2.48. The van der Waals surface area contributed by atoms with Crippen LogP contribution in [-0.2, 0) is 23.7 Å². The van der Waals surface area contributed by atoms with E-state index in [0.29, 0.717) is 4.45 Å². The van der Waals surface area contributed by atoms with Gasteiger partial charge < -0.3 is 4.42 Å². The Hall–Kier alpha value is -0.990. The van der Waals surface area contributed by atoms with E-state index in [1.54, 1.807) is 0 Å². The Kier molecular flexibility index (Phi) is 3.45. The maximum Gasteiger partial charge on any atom is 0.515 e. The second-order valence-electron chi connectivity index (χ2n) is 3.32. The summed E-state index contributed by atoms with van der Waals surface area (Å²) in [5.41, 5.74) is 0. The molecule has 1 heterocycles. The summed E-state index contributed by atoms with van der Waals surface area (Å²) in [7, 11) is -1.93. The van der Waals surface area contributed by atoms with Crippen LogP contribution in [0, 0.1) is 0 Å². The molecule has 2 rings (SSSR count). The number of rotatable bonds is 6. The van der Waals surface area contributed by atoms with Crippen LogP contribution in [0.5, 0.6) is 0 Å². The van der Waals surface area contributed by atoms with Gasteiger partial charge in [-0.05, 0) is 12.8 Å². The van der Waals surface area contributed by atoms with Crippen molar-refractivity contribution < 1.29 is 28.1 Å². The molecule has 0 bridgehead atoms. The second kappa shape index (κ2) is 4.71. The molecule has 96 valence electrons. The molecule has 0 N–H and O–H groups in total. The molecule has 0 radical (unpaired) electrons. The Morgan fingerprint density at radius 1 is 1.35 bits per heavy atom. The maximum absolute atomic E-state index is 12.0. The van der Waals surface area contributed by atoms with E-state index < -0.39 is 13.5 Å². The van der Waals surface area contributed by atoms with Crippen LogP contribution in [0.2, 0.25) is 0 Å². The second-order valence-corrected chi connectivity index (χ2v) is 4.94. The standard InChI is InChI=1S/C7H11N2O7P/c1-12-15-17(11,16-13-2)9-7(10)14-6(8-9)5-3-4-5/h5H,3-4H2,1-2H3. The lowest BCUT2D eigenvalue weighted by atomic mass is 10.4. The lowest BCUT2D eigenvalue weighted by Crippen LogP contribution is -2.17. The first-order valence-electron chi connectivity index (χ1n) is 4.76. The first kappa shape index (κ1) is 12.5. The van der Waals surface area contributed by atoms with E-state index in [0.717, 1.165) is 27.1 Å². The molecule has 0 unspecified atom stereocenters. The number of aromatic nitrogens is 2. The van der Waals surface area contributed by atoms with E-state index in [1.807, 2.05) is 0 Å². The van der Waals surface area contributed by atoms with E-state index in [9.17, 15) is 9.36 Å². The van der Waals surface area contributed by atoms with Crippen molar-refractivity contribution in [3.8, 4) is 0 Å². The zero-order chi connectivity index (χ0) is 12.5. The largest absolute Gasteiger partial charge is 0.515 e. The minimum absolute atomic E-state index is 0.0856. The van der Waals surface area contributed by atoms with Crippen LogP contribution in [0.3, 0.4) is 0 Å². The van der Waals surface area contributed by atoms with Gasteiger partial charge >= 0.3 is 13.5 Å². The van der Waals surface area contributed by atoms with Crippen molar-refractivity contribution in [2.24, 2.45) is 0 Å². The van der Waals surface area contributed by atoms with Gasteiger partial charge in [0.25, 0.3) is 0 Å². The molecule has 10 heteroatoms. The minimum Gasteiger partial charge on any atom is -0.392 e. The van der Waals surface area contributed by atoms with Crippen LogP contribution >= 0.6 is 7.75 Å². The number of nitrogens with zero attached hydrogens (tertiary/aromatic N) is 2. The normalized spacial score (nSPS) is 16.4. The van der Waals surface area contributed by atoms with Crippen molar-refractivity contribution in [2.75, 3.05) is 14.2 Å². The van der Waals surface area contributed by atoms with Crippen LogP contribution in [0.25, 0.3) is 0 Å². The van der Waals surface area contributed by atoms with Crippen molar-refractivity contribution >= 4 is 7.75 Å². The summed E-state index contributed by atoms with van der Waals surface area (Å²) in [5.74, 6) is -0.665. The summed E-state index contributed by atoms with van der Waals surface area (Å²) >= 11 is 0. The molecule has 1 aromatic rings. The average molecular weight is 266 g/mol. The Labute approximate surface area is 95.7 Å². The van der Waals surface area contributed by atoms with E-state index in [2.05, 4.69) is 24.2 Å². The quantitative estimate of drug-likeness (QED) is 0.423. The van der Waals surface area contributed by atoms with Crippen LogP contribution in [0.4, 0.5) is 0 Å². The molecule has 0 spiro atoms. The maximum atomic E-state index is 12.0. The molecule has 0 amide bonds. The molecule has 0 saturated heterocycles.